The van der Waals surface area contributed by atoms with Gasteiger partial charge in [-0.05, 0) is 50.0 Å². The average Bonchev–Trinajstić information content (AvgIpc) is 2.88. The third kappa shape index (κ3) is 7.67. The summed E-state index contributed by atoms with van der Waals surface area (Å²) in [6.45, 7) is 4.34. The van der Waals surface area contributed by atoms with E-state index in [4.69, 9.17) is 15.6 Å². The van der Waals surface area contributed by atoms with Crippen molar-refractivity contribution in [3.05, 3.63) is 35.9 Å². The van der Waals surface area contributed by atoms with E-state index in [0.717, 1.165) is 50.5 Å². The number of hydrogen-bond donors (Lipinski definition) is 4. The minimum absolute atomic E-state index is 0.0619. The summed E-state index contributed by atoms with van der Waals surface area (Å²) < 4.78 is 31.7. The van der Waals surface area contributed by atoms with Gasteiger partial charge in [-0.2, -0.15) is 13.2 Å². The molecule has 3 aliphatic rings. The maximum Gasteiger partial charge on any atom is 0.490 e. The van der Waals surface area contributed by atoms with E-state index in [1.807, 2.05) is 44.2 Å². The van der Waals surface area contributed by atoms with E-state index in [2.05, 4.69) is 5.32 Å². The first kappa shape index (κ1) is 30.6. The van der Waals surface area contributed by atoms with Crippen molar-refractivity contribution < 1.29 is 37.8 Å². The van der Waals surface area contributed by atoms with Gasteiger partial charge in [0.05, 0.1) is 18.7 Å². The second-order valence-corrected chi connectivity index (χ2v) is 10.4. The van der Waals surface area contributed by atoms with Gasteiger partial charge in [0.2, 0.25) is 11.8 Å². The van der Waals surface area contributed by atoms with Gasteiger partial charge in [0.1, 0.15) is 0 Å². The number of nitrogens with two attached hydrogens (primary N) is 1. The number of aliphatic hydroxyl groups excluding tert-OH is 1. The number of carbonyl (C=O) groups is 3. The molecule has 2 unspecified atom stereocenters. The van der Waals surface area contributed by atoms with Crippen LogP contribution in [-0.4, -0.2) is 64.2 Å². The lowest BCUT2D eigenvalue weighted by Crippen LogP contribution is -2.62. The van der Waals surface area contributed by atoms with Gasteiger partial charge in [-0.25, -0.2) is 4.79 Å². The molecule has 3 atom stereocenters. The summed E-state index contributed by atoms with van der Waals surface area (Å²) in [5.41, 5.74) is 6.37. The molecule has 0 heterocycles. The number of hydrogen-bond acceptors (Lipinski definition) is 5. The van der Waals surface area contributed by atoms with Crippen molar-refractivity contribution in [3.8, 4) is 0 Å². The molecule has 3 saturated carbocycles. The van der Waals surface area contributed by atoms with Crippen LogP contribution in [0, 0.1) is 11.3 Å². The fourth-order valence-corrected chi connectivity index (χ4v) is 5.08. The Hall–Kier alpha value is -2.66. The van der Waals surface area contributed by atoms with Crippen molar-refractivity contribution in [1.82, 2.24) is 10.2 Å². The summed E-state index contributed by atoms with van der Waals surface area (Å²) in [6, 6.07) is 8.97. The first-order valence-electron chi connectivity index (χ1n) is 12.5. The number of carboxylic acid groups (broad SMARTS) is 1. The fraction of sp³-hybridized carbons (Fsp3) is 0.654. The number of aliphatic hydroxyl groups is 1. The molecule has 2 amide bonds. The molecule has 3 fully saturated rings. The Morgan fingerprint density at radius 3 is 2.00 bits per heavy atom. The Balaban J connectivity index is 0.000000604. The van der Waals surface area contributed by atoms with Crippen molar-refractivity contribution in [3.63, 3.8) is 0 Å². The summed E-state index contributed by atoms with van der Waals surface area (Å²) in [7, 11) is 1.78. The van der Waals surface area contributed by atoms with E-state index in [9.17, 15) is 27.9 Å². The summed E-state index contributed by atoms with van der Waals surface area (Å²) in [6.07, 6.45) is -0.139. The first-order valence-corrected chi connectivity index (χ1v) is 12.5. The summed E-state index contributed by atoms with van der Waals surface area (Å²) >= 11 is 0. The third-order valence-electron chi connectivity index (χ3n) is 7.87. The topological polar surface area (TPSA) is 133 Å². The first-order chi connectivity index (χ1) is 17.2. The van der Waals surface area contributed by atoms with E-state index < -0.39 is 24.3 Å². The maximum atomic E-state index is 13.3. The van der Waals surface area contributed by atoms with Crippen LogP contribution in [0.3, 0.4) is 0 Å². The molecule has 11 heteroatoms. The molecule has 2 bridgehead atoms. The zero-order valence-corrected chi connectivity index (χ0v) is 21.6. The normalized spacial score (nSPS) is 25.2. The number of nitrogens with zero attached hydrogens (tertiary/aromatic N) is 1. The van der Waals surface area contributed by atoms with Gasteiger partial charge in [0.15, 0.2) is 0 Å². The Morgan fingerprint density at radius 2 is 1.57 bits per heavy atom. The zero-order valence-electron chi connectivity index (χ0n) is 21.6. The van der Waals surface area contributed by atoms with Gasteiger partial charge < -0.3 is 26.2 Å². The standard InChI is InChI=1S/C24H37N3O3.C2HF3O2/c1-4-17(2)20(25)21(29)26-24-13-10-23(11-14-24,12-15-24)22(30)27(3)16-19(28)18-8-6-5-7-9-18;3-2(4,5)1(6)7/h5-9,17,19-20,28H,4,10-16,25H2,1-3H3,(H,26,29);(H,6,7)/t17-,19?,20?,23?,24?;/m1./s1. The van der Waals surface area contributed by atoms with E-state index in [1.54, 1.807) is 11.9 Å². The van der Waals surface area contributed by atoms with E-state index >= 15 is 0 Å². The van der Waals surface area contributed by atoms with Crippen LogP contribution in [0.25, 0.3) is 0 Å². The Labute approximate surface area is 215 Å². The minimum Gasteiger partial charge on any atom is -0.475 e. The molecule has 0 saturated heterocycles. The van der Waals surface area contributed by atoms with Gasteiger partial charge >= 0.3 is 12.1 Å². The highest BCUT2D eigenvalue weighted by molar-refractivity contribution is 5.84. The van der Waals surface area contributed by atoms with Crippen molar-refractivity contribution in [1.29, 1.82) is 0 Å². The van der Waals surface area contributed by atoms with E-state index in [1.165, 1.54) is 0 Å². The second-order valence-electron chi connectivity index (χ2n) is 10.4. The summed E-state index contributed by atoms with van der Waals surface area (Å²) in [4.78, 5) is 36.5. The monoisotopic (exact) mass is 529 g/mol. The number of alkyl halides is 3. The van der Waals surface area contributed by atoms with Crippen LogP contribution >= 0.6 is 0 Å². The second kappa shape index (κ2) is 12.3. The number of rotatable bonds is 8. The van der Waals surface area contributed by atoms with Crippen molar-refractivity contribution in [2.75, 3.05) is 13.6 Å². The molecular weight excluding hydrogens is 491 g/mol. The number of halogens is 3. The lowest BCUT2D eigenvalue weighted by Gasteiger charge is -2.53. The number of amides is 2. The van der Waals surface area contributed by atoms with E-state index in [-0.39, 0.29) is 35.2 Å². The molecule has 0 aliphatic heterocycles. The molecule has 4 rings (SSSR count). The molecule has 0 spiro atoms. The quantitative estimate of drug-likeness (QED) is 0.408. The fourth-order valence-electron chi connectivity index (χ4n) is 5.08. The molecule has 1 aromatic carbocycles. The van der Waals surface area contributed by atoms with Gasteiger partial charge in [0.25, 0.3) is 0 Å². The SMILES string of the molecule is CC[C@@H](C)C(N)C(=O)NC12CCC(C(=O)N(C)CC(O)c3ccccc3)(CC1)CC2.O=C(O)C(F)(F)F. The highest BCUT2D eigenvalue weighted by Crippen LogP contribution is 2.53. The predicted octanol–water partition coefficient (Wildman–Crippen LogP) is 3.39. The molecule has 3 aliphatic carbocycles. The Morgan fingerprint density at radius 1 is 1.08 bits per heavy atom. The lowest BCUT2D eigenvalue weighted by molar-refractivity contribution is -0.192. The van der Waals surface area contributed by atoms with Crippen molar-refractivity contribution in [2.45, 2.75) is 82.7 Å². The highest BCUT2D eigenvalue weighted by atomic mass is 19.4. The molecule has 1 aromatic rings. The smallest absolute Gasteiger partial charge is 0.475 e. The predicted molar refractivity (Wildman–Crippen MR) is 131 cm³/mol. The number of benzene rings is 1. The number of nitrogens with one attached hydrogen (secondary N) is 1. The minimum atomic E-state index is -5.08. The summed E-state index contributed by atoms with van der Waals surface area (Å²) in [5.74, 6) is -2.55. The third-order valence-corrected chi connectivity index (χ3v) is 7.87. The zero-order chi connectivity index (χ0) is 28.0. The van der Waals surface area contributed by atoms with Crippen LogP contribution in [0.2, 0.25) is 0 Å². The van der Waals surface area contributed by atoms with Crippen LogP contribution in [0.4, 0.5) is 13.2 Å². The molecular formula is C26H38F3N3O5. The number of fused-ring (bicyclic) bond motifs is 3. The van der Waals surface area contributed by atoms with Crippen LogP contribution < -0.4 is 11.1 Å². The highest BCUT2D eigenvalue weighted by Gasteiger charge is 2.53. The number of likely N-dealkylation sites (N-methyl/N-ethyl adjacent to an activating group) is 1. The van der Waals surface area contributed by atoms with Crippen LogP contribution in [0.15, 0.2) is 30.3 Å². The molecule has 8 nitrogen and oxygen atoms in total. The van der Waals surface area contributed by atoms with Crippen molar-refractivity contribution in [2.24, 2.45) is 17.1 Å². The molecule has 0 aromatic heterocycles. The number of carbonyl (C=O) groups excluding carboxylic acids is 2. The Kier molecular flexibility index (Phi) is 10.1. The largest absolute Gasteiger partial charge is 0.490 e. The summed E-state index contributed by atoms with van der Waals surface area (Å²) in [5, 5.41) is 20.9. The molecule has 37 heavy (non-hydrogen) atoms. The molecule has 0 radical (unpaired) electrons. The average molecular weight is 530 g/mol. The Bertz CT molecular complexity index is 917. The number of carboxylic acids is 1. The van der Waals surface area contributed by atoms with E-state index in [0.29, 0.717) is 0 Å². The van der Waals surface area contributed by atoms with Gasteiger partial charge in [-0.15, -0.1) is 0 Å². The number of aliphatic carboxylic acids is 1. The van der Waals surface area contributed by atoms with Crippen LogP contribution in [0.1, 0.15) is 70.5 Å². The maximum absolute atomic E-state index is 13.3. The molecule has 208 valence electrons. The van der Waals surface area contributed by atoms with Crippen LogP contribution in [-0.2, 0) is 14.4 Å². The lowest BCUT2D eigenvalue weighted by atomic mass is 9.56. The molecule has 5 N–H and O–H groups in total. The van der Waals surface area contributed by atoms with Gasteiger partial charge in [-0.3, -0.25) is 9.59 Å². The van der Waals surface area contributed by atoms with Crippen molar-refractivity contribution >= 4 is 17.8 Å². The van der Waals surface area contributed by atoms with Gasteiger partial charge in [0, 0.05) is 18.0 Å². The van der Waals surface area contributed by atoms with Gasteiger partial charge in [-0.1, -0.05) is 50.6 Å². The van der Waals surface area contributed by atoms with Crippen LogP contribution in [0.5, 0.6) is 0 Å².